The molecule has 1 aliphatic rings. The summed E-state index contributed by atoms with van der Waals surface area (Å²) in [6.45, 7) is 9.68. The molecular formula is C17H24N4OS. The number of ether oxygens (including phenoxy) is 1. The molecule has 1 fully saturated rings. The fourth-order valence-corrected chi connectivity index (χ4v) is 3.52. The Morgan fingerprint density at radius 1 is 1.17 bits per heavy atom. The van der Waals surface area contributed by atoms with Gasteiger partial charge in [-0.2, -0.15) is 5.10 Å². The number of nitrogens with zero attached hydrogens (tertiary/aromatic N) is 4. The van der Waals surface area contributed by atoms with E-state index in [1.54, 1.807) is 0 Å². The second-order valence-electron chi connectivity index (χ2n) is 6.15. The molecule has 0 saturated carbocycles. The van der Waals surface area contributed by atoms with Gasteiger partial charge in [0.1, 0.15) is 0 Å². The van der Waals surface area contributed by atoms with E-state index >= 15 is 0 Å². The maximum absolute atomic E-state index is 5.80. The molecule has 6 heteroatoms. The summed E-state index contributed by atoms with van der Waals surface area (Å²) in [5, 5.41) is 4.79. The Hall–Kier alpha value is -1.50. The third kappa shape index (κ3) is 3.54. The van der Waals surface area contributed by atoms with Crippen molar-refractivity contribution in [2.45, 2.75) is 46.2 Å². The molecular weight excluding hydrogens is 308 g/mol. The molecule has 2 unspecified atom stereocenters. The van der Waals surface area contributed by atoms with Crippen LogP contribution in [0.15, 0.2) is 30.3 Å². The van der Waals surface area contributed by atoms with Crippen LogP contribution in [0.5, 0.6) is 0 Å². The molecule has 5 nitrogen and oxygen atoms in total. The first-order chi connectivity index (χ1) is 11.1. The summed E-state index contributed by atoms with van der Waals surface area (Å²) >= 11 is 5.64. The van der Waals surface area contributed by atoms with Crippen molar-refractivity contribution in [3.63, 3.8) is 0 Å². The highest BCUT2D eigenvalue weighted by Gasteiger charge is 2.23. The number of hydrogen-bond acceptors (Lipinski definition) is 4. The predicted molar refractivity (Wildman–Crippen MR) is 93.7 cm³/mol. The van der Waals surface area contributed by atoms with Gasteiger partial charge in [-0.3, -0.25) is 4.90 Å². The van der Waals surface area contributed by atoms with Gasteiger partial charge in [-0.05, 0) is 33.0 Å². The quantitative estimate of drug-likeness (QED) is 0.806. The normalized spacial score (nSPS) is 22.4. The van der Waals surface area contributed by atoms with Gasteiger partial charge < -0.3 is 9.30 Å². The highest BCUT2D eigenvalue weighted by molar-refractivity contribution is 7.71. The first kappa shape index (κ1) is 16.4. The van der Waals surface area contributed by atoms with Crippen LogP contribution >= 0.6 is 12.2 Å². The van der Waals surface area contributed by atoms with Crippen LogP contribution in [-0.2, 0) is 18.0 Å². The molecule has 0 amide bonds. The number of hydrogen-bond donors (Lipinski definition) is 0. The molecule has 0 spiro atoms. The van der Waals surface area contributed by atoms with Crippen LogP contribution in [-0.4, -0.2) is 44.5 Å². The van der Waals surface area contributed by atoms with E-state index in [0.717, 1.165) is 35.8 Å². The Bertz CT molecular complexity index is 699. The lowest BCUT2D eigenvalue weighted by Crippen LogP contribution is -2.46. The van der Waals surface area contributed by atoms with Crippen molar-refractivity contribution < 1.29 is 4.74 Å². The highest BCUT2D eigenvalue weighted by Crippen LogP contribution is 2.19. The maximum Gasteiger partial charge on any atom is 0.199 e. The lowest BCUT2D eigenvalue weighted by molar-refractivity contribution is -0.0777. The standard InChI is InChI=1S/C17H24N4OS/c1-4-20-16(15-8-6-5-7-9-15)18-21(17(20)23)12-19-10-13(2)22-14(3)11-19/h5-9,13-14H,4,10-12H2,1-3H3. The van der Waals surface area contributed by atoms with Crippen molar-refractivity contribution in [3.05, 3.63) is 35.1 Å². The highest BCUT2D eigenvalue weighted by atomic mass is 32.1. The lowest BCUT2D eigenvalue weighted by atomic mass is 10.2. The van der Waals surface area contributed by atoms with Gasteiger partial charge in [0.05, 0.1) is 18.9 Å². The minimum absolute atomic E-state index is 0.245. The van der Waals surface area contributed by atoms with Crippen molar-refractivity contribution in [2.24, 2.45) is 0 Å². The van der Waals surface area contributed by atoms with Gasteiger partial charge in [-0.15, -0.1) is 0 Å². The molecule has 1 aliphatic heterocycles. The van der Waals surface area contributed by atoms with Crippen molar-refractivity contribution >= 4 is 12.2 Å². The van der Waals surface area contributed by atoms with Crippen molar-refractivity contribution in [1.82, 2.24) is 19.2 Å². The Balaban J connectivity index is 1.89. The summed E-state index contributed by atoms with van der Waals surface area (Å²) in [4.78, 5) is 2.36. The van der Waals surface area contributed by atoms with Crippen LogP contribution in [0.1, 0.15) is 20.8 Å². The number of morpholine rings is 1. The summed E-state index contributed by atoms with van der Waals surface area (Å²) in [6.07, 6.45) is 0.490. The molecule has 1 aromatic carbocycles. The average molecular weight is 332 g/mol. The van der Waals surface area contributed by atoms with E-state index in [9.17, 15) is 0 Å². The summed E-state index contributed by atoms with van der Waals surface area (Å²) in [7, 11) is 0. The summed E-state index contributed by atoms with van der Waals surface area (Å²) in [5.74, 6) is 0.937. The topological polar surface area (TPSA) is 35.2 Å². The molecule has 1 aromatic heterocycles. The summed E-state index contributed by atoms with van der Waals surface area (Å²) in [5.41, 5.74) is 1.10. The SMILES string of the molecule is CCn1c(-c2ccccc2)nn(CN2CC(C)OC(C)C2)c1=S. The van der Waals surface area contributed by atoms with Crippen LogP contribution in [0.4, 0.5) is 0 Å². The monoisotopic (exact) mass is 332 g/mol. The van der Waals surface area contributed by atoms with Gasteiger partial charge in [-0.25, -0.2) is 4.68 Å². The van der Waals surface area contributed by atoms with E-state index < -0.39 is 0 Å². The Kier molecular flexibility index (Phi) is 4.94. The molecule has 0 bridgehead atoms. The van der Waals surface area contributed by atoms with E-state index in [1.807, 2.05) is 22.9 Å². The van der Waals surface area contributed by atoms with Crippen molar-refractivity contribution in [2.75, 3.05) is 13.1 Å². The Morgan fingerprint density at radius 3 is 2.43 bits per heavy atom. The largest absolute Gasteiger partial charge is 0.373 e. The molecule has 0 radical (unpaired) electrons. The average Bonchev–Trinajstić information content (AvgIpc) is 2.83. The Labute approximate surface area is 142 Å². The molecule has 3 rings (SSSR count). The number of rotatable bonds is 4. The first-order valence-electron chi connectivity index (χ1n) is 8.19. The van der Waals surface area contributed by atoms with Gasteiger partial charge >= 0.3 is 0 Å². The minimum Gasteiger partial charge on any atom is -0.373 e. The second kappa shape index (κ2) is 6.95. The smallest absolute Gasteiger partial charge is 0.199 e. The Morgan fingerprint density at radius 2 is 1.83 bits per heavy atom. The van der Waals surface area contributed by atoms with E-state index in [0.29, 0.717) is 6.67 Å². The first-order valence-corrected chi connectivity index (χ1v) is 8.60. The van der Waals surface area contributed by atoms with Crippen molar-refractivity contribution in [1.29, 1.82) is 0 Å². The molecule has 0 N–H and O–H groups in total. The van der Waals surface area contributed by atoms with Gasteiger partial charge in [-0.1, -0.05) is 30.3 Å². The third-order valence-corrected chi connectivity index (χ3v) is 4.53. The van der Waals surface area contributed by atoms with Crippen molar-refractivity contribution in [3.8, 4) is 11.4 Å². The molecule has 2 atom stereocenters. The number of aromatic nitrogens is 3. The fourth-order valence-electron chi connectivity index (χ4n) is 3.21. The zero-order valence-corrected chi connectivity index (χ0v) is 14.8. The molecule has 23 heavy (non-hydrogen) atoms. The summed E-state index contributed by atoms with van der Waals surface area (Å²) in [6, 6.07) is 10.2. The van der Waals surface area contributed by atoms with Crippen LogP contribution < -0.4 is 0 Å². The van der Waals surface area contributed by atoms with Gasteiger partial charge in [0.15, 0.2) is 10.6 Å². The van der Waals surface area contributed by atoms with Crippen LogP contribution in [0.25, 0.3) is 11.4 Å². The summed E-state index contributed by atoms with van der Waals surface area (Å²) < 4.78 is 10.6. The second-order valence-corrected chi connectivity index (χ2v) is 6.52. The van der Waals surface area contributed by atoms with E-state index in [1.165, 1.54) is 0 Å². The molecule has 0 aliphatic carbocycles. The zero-order valence-electron chi connectivity index (χ0n) is 14.0. The molecule has 2 heterocycles. The zero-order chi connectivity index (χ0) is 16.4. The predicted octanol–water partition coefficient (Wildman–Crippen LogP) is 3.17. The maximum atomic E-state index is 5.80. The van der Waals surface area contributed by atoms with Gasteiger partial charge in [0, 0.05) is 25.2 Å². The van der Waals surface area contributed by atoms with Crippen LogP contribution in [0.2, 0.25) is 0 Å². The molecule has 2 aromatic rings. The fraction of sp³-hybridized carbons (Fsp3) is 0.529. The lowest BCUT2D eigenvalue weighted by Gasteiger charge is -2.34. The van der Waals surface area contributed by atoms with E-state index in [-0.39, 0.29) is 12.2 Å². The van der Waals surface area contributed by atoms with E-state index in [4.69, 9.17) is 22.1 Å². The molecule has 124 valence electrons. The number of benzene rings is 1. The van der Waals surface area contributed by atoms with Gasteiger partial charge in [0.2, 0.25) is 0 Å². The molecule has 1 saturated heterocycles. The van der Waals surface area contributed by atoms with Crippen LogP contribution in [0.3, 0.4) is 0 Å². The minimum atomic E-state index is 0.245. The van der Waals surface area contributed by atoms with Crippen LogP contribution in [0, 0.1) is 4.77 Å². The van der Waals surface area contributed by atoms with Gasteiger partial charge in [0.25, 0.3) is 0 Å². The third-order valence-electron chi connectivity index (χ3n) is 4.10. The van der Waals surface area contributed by atoms with E-state index in [2.05, 4.69) is 42.4 Å².